The summed E-state index contributed by atoms with van der Waals surface area (Å²) < 4.78 is 0. The van der Waals surface area contributed by atoms with Crippen LogP contribution in [-0.4, -0.2) is 0 Å². The van der Waals surface area contributed by atoms with Gasteiger partial charge in [0.25, 0.3) is 0 Å². The van der Waals surface area contributed by atoms with Crippen molar-refractivity contribution in [1.82, 2.24) is 0 Å². The Bertz CT molecular complexity index is 394. The van der Waals surface area contributed by atoms with Crippen LogP contribution in [0.3, 0.4) is 0 Å². The Kier molecular flexibility index (Phi) is 4.43. The number of rotatable bonds is 2. The molecule has 0 aromatic carbocycles. The third-order valence-electron chi connectivity index (χ3n) is 3.34. The van der Waals surface area contributed by atoms with Gasteiger partial charge in [0.2, 0.25) is 0 Å². The quantitative estimate of drug-likeness (QED) is 0.708. The summed E-state index contributed by atoms with van der Waals surface area (Å²) in [6, 6.07) is 0. The summed E-state index contributed by atoms with van der Waals surface area (Å²) in [5.41, 5.74) is 7.96. The molecular weight excluding hydrogens is 206 g/mol. The standard InChI is InChI=1S/C16H21N/c17-16-11-5-9-15(10-6-12-16)13-14-7-3-1-2-4-8-14/h1,3,5-6,9-12,14H,2,4,7-8,13,17H2/b9-5-,10-6?,11-5?,12-6?,15-9?,15-10+,16-11?,16-12?. The molecule has 90 valence electrons. The first-order valence-corrected chi connectivity index (χ1v) is 6.50. The molecule has 1 heteroatoms. The molecule has 0 fully saturated rings. The van der Waals surface area contributed by atoms with Crippen LogP contribution in [0.15, 0.2) is 59.9 Å². The summed E-state index contributed by atoms with van der Waals surface area (Å²) in [5, 5.41) is 0. The fourth-order valence-electron chi connectivity index (χ4n) is 2.38. The van der Waals surface area contributed by atoms with E-state index in [9.17, 15) is 0 Å². The van der Waals surface area contributed by atoms with E-state index in [0.717, 1.165) is 11.6 Å². The van der Waals surface area contributed by atoms with E-state index in [2.05, 4.69) is 36.5 Å². The molecule has 0 aromatic rings. The van der Waals surface area contributed by atoms with Gasteiger partial charge in [-0.2, -0.15) is 0 Å². The monoisotopic (exact) mass is 227 g/mol. The predicted octanol–water partition coefficient (Wildman–Crippen LogP) is 4.02. The minimum absolute atomic E-state index is 0.804. The molecule has 0 aromatic heterocycles. The molecule has 2 aliphatic rings. The van der Waals surface area contributed by atoms with Gasteiger partial charge in [-0.1, -0.05) is 36.5 Å². The number of hydrogen-bond acceptors (Lipinski definition) is 1. The molecule has 17 heavy (non-hydrogen) atoms. The first kappa shape index (κ1) is 12.0. The lowest BCUT2D eigenvalue weighted by molar-refractivity contribution is 0.485. The van der Waals surface area contributed by atoms with Crippen molar-refractivity contribution in [2.24, 2.45) is 11.7 Å². The largest absolute Gasteiger partial charge is 0.399 e. The second kappa shape index (κ2) is 6.29. The van der Waals surface area contributed by atoms with Gasteiger partial charge in [-0.3, -0.25) is 0 Å². The minimum Gasteiger partial charge on any atom is -0.399 e. The molecule has 0 heterocycles. The van der Waals surface area contributed by atoms with Crippen molar-refractivity contribution in [2.75, 3.05) is 0 Å². The fourth-order valence-corrected chi connectivity index (χ4v) is 2.38. The van der Waals surface area contributed by atoms with Crippen LogP contribution in [0.25, 0.3) is 0 Å². The fraction of sp³-hybridized carbons (Fsp3) is 0.375. The van der Waals surface area contributed by atoms with Crippen molar-refractivity contribution in [3.8, 4) is 0 Å². The highest BCUT2D eigenvalue weighted by atomic mass is 14.5. The van der Waals surface area contributed by atoms with Crippen LogP contribution in [0.5, 0.6) is 0 Å². The Balaban J connectivity index is 1.96. The van der Waals surface area contributed by atoms with Gasteiger partial charge in [0, 0.05) is 5.70 Å². The highest BCUT2D eigenvalue weighted by Gasteiger charge is 2.10. The van der Waals surface area contributed by atoms with Crippen LogP contribution in [0.4, 0.5) is 0 Å². The molecule has 2 aliphatic carbocycles. The second-order valence-corrected chi connectivity index (χ2v) is 4.83. The van der Waals surface area contributed by atoms with Crippen LogP contribution in [0, 0.1) is 5.92 Å². The molecular formula is C16H21N. The van der Waals surface area contributed by atoms with Crippen LogP contribution >= 0.6 is 0 Å². The summed E-state index contributed by atoms with van der Waals surface area (Å²) in [7, 11) is 0. The maximum absolute atomic E-state index is 5.74. The van der Waals surface area contributed by atoms with Gasteiger partial charge in [-0.05, 0) is 55.7 Å². The van der Waals surface area contributed by atoms with Gasteiger partial charge < -0.3 is 5.73 Å². The molecule has 1 atom stereocenters. The third kappa shape index (κ3) is 4.10. The summed E-state index contributed by atoms with van der Waals surface area (Å²) in [6.07, 6.45) is 23.4. The van der Waals surface area contributed by atoms with E-state index >= 15 is 0 Å². The van der Waals surface area contributed by atoms with Crippen LogP contribution < -0.4 is 5.73 Å². The Labute approximate surface area is 104 Å². The molecule has 0 bridgehead atoms. The second-order valence-electron chi connectivity index (χ2n) is 4.83. The maximum atomic E-state index is 5.74. The Hall–Kier alpha value is -1.50. The van der Waals surface area contributed by atoms with Crippen LogP contribution in [0.2, 0.25) is 0 Å². The predicted molar refractivity (Wildman–Crippen MR) is 74.3 cm³/mol. The van der Waals surface area contributed by atoms with Gasteiger partial charge in [0.15, 0.2) is 0 Å². The van der Waals surface area contributed by atoms with Crippen LogP contribution in [-0.2, 0) is 0 Å². The van der Waals surface area contributed by atoms with Gasteiger partial charge in [0.05, 0.1) is 0 Å². The zero-order chi connectivity index (χ0) is 11.9. The van der Waals surface area contributed by atoms with Crippen molar-refractivity contribution in [1.29, 1.82) is 0 Å². The molecule has 0 amide bonds. The minimum atomic E-state index is 0.804. The van der Waals surface area contributed by atoms with E-state index in [-0.39, 0.29) is 0 Å². The van der Waals surface area contributed by atoms with Gasteiger partial charge in [0.1, 0.15) is 0 Å². The average Bonchev–Trinajstić information content (AvgIpc) is 2.54. The molecule has 2 rings (SSSR count). The molecule has 0 spiro atoms. The van der Waals surface area contributed by atoms with Gasteiger partial charge in [-0.15, -0.1) is 0 Å². The third-order valence-corrected chi connectivity index (χ3v) is 3.34. The molecule has 0 saturated carbocycles. The Morgan fingerprint density at radius 1 is 1.12 bits per heavy atom. The first-order chi connectivity index (χ1) is 8.34. The van der Waals surface area contributed by atoms with E-state index in [4.69, 9.17) is 5.73 Å². The van der Waals surface area contributed by atoms with Crippen molar-refractivity contribution in [3.63, 3.8) is 0 Å². The lowest BCUT2D eigenvalue weighted by Crippen LogP contribution is -2.00. The van der Waals surface area contributed by atoms with E-state index < -0.39 is 0 Å². The topological polar surface area (TPSA) is 26.0 Å². The Morgan fingerprint density at radius 3 is 2.94 bits per heavy atom. The van der Waals surface area contributed by atoms with E-state index in [1.165, 1.54) is 37.7 Å². The number of allylic oxidation sites excluding steroid dienone is 9. The highest BCUT2D eigenvalue weighted by Crippen LogP contribution is 2.25. The highest BCUT2D eigenvalue weighted by molar-refractivity contribution is 5.34. The Morgan fingerprint density at radius 2 is 2.00 bits per heavy atom. The molecule has 1 unspecified atom stereocenters. The van der Waals surface area contributed by atoms with Crippen molar-refractivity contribution >= 4 is 0 Å². The smallest absolute Gasteiger partial charge is 0.0313 e. The number of nitrogens with two attached hydrogens (primary N) is 1. The van der Waals surface area contributed by atoms with Gasteiger partial charge >= 0.3 is 0 Å². The van der Waals surface area contributed by atoms with E-state index in [0.29, 0.717) is 0 Å². The lowest BCUT2D eigenvalue weighted by atomic mass is 9.92. The molecule has 0 saturated heterocycles. The van der Waals surface area contributed by atoms with Crippen molar-refractivity contribution < 1.29 is 0 Å². The maximum Gasteiger partial charge on any atom is 0.0313 e. The SMILES string of the molecule is NC1=C/C=C\C(CC2CC=CCCC2)=C/C=C1. The zero-order valence-electron chi connectivity index (χ0n) is 10.3. The van der Waals surface area contributed by atoms with E-state index in [1.54, 1.807) is 0 Å². The molecule has 2 N–H and O–H groups in total. The van der Waals surface area contributed by atoms with E-state index in [1.807, 2.05) is 12.2 Å². The first-order valence-electron chi connectivity index (χ1n) is 6.50. The number of hydrogen-bond donors (Lipinski definition) is 1. The summed E-state index contributed by atoms with van der Waals surface area (Å²) in [5.74, 6) is 0.804. The molecule has 1 nitrogen and oxygen atoms in total. The summed E-state index contributed by atoms with van der Waals surface area (Å²) in [6.45, 7) is 0. The normalized spacial score (nSPS) is 29.5. The summed E-state index contributed by atoms with van der Waals surface area (Å²) >= 11 is 0. The average molecular weight is 227 g/mol. The molecule has 0 radical (unpaired) electrons. The van der Waals surface area contributed by atoms with Crippen LogP contribution in [0.1, 0.15) is 32.1 Å². The van der Waals surface area contributed by atoms with Gasteiger partial charge in [-0.25, -0.2) is 0 Å². The lowest BCUT2D eigenvalue weighted by Gasteiger charge is -2.14. The van der Waals surface area contributed by atoms with Crippen molar-refractivity contribution in [2.45, 2.75) is 32.1 Å². The summed E-state index contributed by atoms with van der Waals surface area (Å²) in [4.78, 5) is 0. The zero-order valence-corrected chi connectivity index (χ0v) is 10.3. The molecule has 0 aliphatic heterocycles. The van der Waals surface area contributed by atoms with Crippen molar-refractivity contribution in [3.05, 3.63) is 59.9 Å².